The summed E-state index contributed by atoms with van der Waals surface area (Å²) in [6, 6.07) is 7.42. The molecular formula is C40H60N2O5S. The van der Waals surface area contributed by atoms with E-state index in [0.717, 1.165) is 73.2 Å². The van der Waals surface area contributed by atoms with Crippen LogP contribution < -0.4 is 4.72 Å². The second-order valence-electron chi connectivity index (χ2n) is 17.1. The third kappa shape index (κ3) is 6.01. The van der Waals surface area contributed by atoms with Crippen molar-refractivity contribution in [3.05, 3.63) is 53.6 Å². The number of benzene rings is 1. The van der Waals surface area contributed by atoms with Crippen molar-refractivity contribution in [3.63, 3.8) is 0 Å². The summed E-state index contributed by atoms with van der Waals surface area (Å²) >= 11 is 0. The van der Waals surface area contributed by atoms with Crippen molar-refractivity contribution in [2.45, 2.75) is 112 Å². The lowest BCUT2D eigenvalue weighted by atomic mass is 9.40. The van der Waals surface area contributed by atoms with Crippen LogP contribution in [-0.2, 0) is 15.0 Å². The Labute approximate surface area is 290 Å². The lowest BCUT2D eigenvalue weighted by molar-refractivity contribution is -0.138. The van der Waals surface area contributed by atoms with E-state index >= 15 is 0 Å². The quantitative estimate of drug-likeness (QED) is 0.280. The maximum absolute atomic E-state index is 14.2. The molecular weight excluding hydrogens is 621 g/mol. The summed E-state index contributed by atoms with van der Waals surface area (Å²) in [5, 5.41) is 9.47. The van der Waals surface area contributed by atoms with Gasteiger partial charge in [-0.25, -0.2) is 9.52 Å². The van der Waals surface area contributed by atoms with Crippen molar-refractivity contribution >= 4 is 27.7 Å². The molecule has 8 unspecified atom stereocenters. The van der Waals surface area contributed by atoms with Gasteiger partial charge in [0.2, 0.25) is 5.91 Å². The molecule has 0 saturated heterocycles. The van der Waals surface area contributed by atoms with Gasteiger partial charge in [0.15, 0.2) is 0 Å². The van der Waals surface area contributed by atoms with Crippen LogP contribution in [0, 0.1) is 51.2 Å². The molecule has 8 atom stereocenters. The number of carboxylic acids is 1. The third-order valence-corrected chi connectivity index (χ3v) is 15.8. The SMILES string of the molecule is C=C(C)C1CCC2(C(=O)NS(=O)(=O)N(C)C)CCC(CC)C3(C)CCC4C(C)(C)C(c5ccc(C(=O)O)cc5)=CCC4(C)C3CCCC12. The average molecular weight is 681 g/mol. The highest BCUT2D eigenvalue weighted by molar-refractivity contribution is 7.87. The fourth-order valence-corrected chi connectivity index (χ4v) is 12.5. The summed E-state index contributed by atoms with van der Waals surface area (Å²) < 4.78 is 29.5. The Morgan fingerprint density at radius 2 is 1.58 bits per heavy atom. The largest absolute Gasteiger partial charge is 0.478 e. The molecule has 0 heterocycles. The Kier molecular flexibility index (Phi) is 9.99. The standard InChI is InChI=1S/C40H60N2O5S/c1-10-29-18-24-40(36(45)41-48(46,47)42(8)9)25-19-30(26(2)3)32(40)12-11-13-34-38(29,6)23-21-33-37(4,5)31(20-22-39(33,34)7)27-14-16-28(17-15-27)35(43)44/h14-17,20,29-30,32-34H,2,10-13,18-19,21-25H2,1,3-9H3,(H,41,45)(H,43,44). The number of carbonyl (C=O) groups excluding carboxylic acids is 1. The molecule has 1 aromatic carbocycles. The van der Waals surface area contributed by atoms with E-state index in [2.05, 4.69) is 58.9 Å². The predicted octanol–water partition coefficient (Wildman–Crippen LogP) is 8.74. The minimum atomic E-state index is -3.90. The van der Waals surface area contributed by atoms with Gasteiger partial charge in [-0.2, -0.15) is 12.7 Å². The van der Waals surface area contributed by atoms with Crippen molar-refractivity contribution in [1.29, 1.82) is 0 Å². The van der Waals surface area contributed by atoms with E-state index in [1.807, 2.05) is 12.1 Å². The van der Waals surface area contributed by atoms with Crippen molar-refractivity contribution in [3.8, 4) is 0 Å². The number of carbonyl (C=O) groups is 2. The Morgan fingerprint density at radius 3 is 2.17 bits per heavy atom. The molecule has 1 aromatic rings. The molecule has 0 radical (unpaired) electrons. The summed E-state index contributed by atoms with van der Waals surface area (Å²) in [7, 11) is -0.966. The minimum Gasteiger partial charge on any atom is -0.478 e. The van der Waals surface area contributed by atoms with Crippen LogP contribution in [0.2, 0.25) is 0 Å². The lowest BCUT2D eigenvalue weighted by Crippen LogP contribution is -2.57. The molecule has 0 bridgehead atoms. The normalized spacial score (nSPS) is 36.6. The van der Waals surface area contributed by atoms with Gasteiger partial charge < -0.3 is 5.11 Å². The zero-order chi connectivity index (χ0) is 35.4. The van der Waals surface area contributed by atoms with Gasteiger partial charge in [0.1, 0.15) is 0 Å². The fraction of sp³-hybridized carbons (Fsp3) is 0.700. The van der Waals surface area contributed by atoms with Crippen LogP contribution in [0.15, 0.2) is 42.5 Å². The molecule has 4 aliphatic carbocycles. The monoisotopic (exact) mass is 680 g/mol. The molecule has 5 rings (SSSR count). The van der Waals surface area contributed by atoms with E-state index in [0.29, 0.717) is 36.2 Å². The molecule has 0 spiro atoms. The summed E-state index contributed by atoms with van der Waals surface area (Å²) in [5.74, 6) is 0.492. The lowest BCUT2D eigenvalue weighted by Gasteiger charge is -2.64. The van der Waals surface area contributed by atoms with Crippen LogP contribution in [0.1, 0.15) is 128 Å². The fourth-order valence-electron chi connectivity index (χ4n) is 11.9. The summed E-state index contributed by atoms with van der Waals surface area (Å²) in [6.07, 6.45) is 13.0. The highest BCUT2D eigenvalue weighted by Gasteiger charge is 2.61. The Balaban J connectivity index is 1.52. The van der Waals surface area contributed by atoms with E-state index in [1.54, 1.807) is 12.1 Å². The second kappa shape index (κ2) is 13.0. The molecule has 266 valence electrons. The second-order valence-corrected chi connectivity index (χ2v) is 19.0. The van der Waals surface area contributed by atoms with Gasteiger partial charge in [-0.05, 0) is 134 Å². The summed E-state index contributed by atoms with van der Waals surface area (Å²) in [4.78, 5) is 25.8. The molecule has 48 heavy (non-hydrogen) atoms. The van der Waals surface area contributed by atoms with E-state index in [9.17, 15) is 23.1 Å². The number of nitrogens with one attached hydrogen (secondary N) is 1. The zero-order valence-electron chi connectivity index (χ0n) is 30.7. The van der Waals surface area contributed by atoms with E-state index in [1.165, 1.54) is 19.7 Å². The predicted molar refractivity (Wildman–Crippen MR) is 193 cm³/mol. The number of carboxylic acid groups (broad SMARTS) is 1. The maximum Gasteiger partial charge on any atom is 0.335 e. The van der Waals surface area contributed by atoms with Crippen LogP contribution in [0.3, 0.4) is 0 Å². The van der Waals surface area contributed by atoms with Gasteiger partial charge in [-0.3, -0.25) is 4.79 Å². The highest BCUT2D eigenvalue weighted by atomic mass is 32.2. The first-order valence-corrected chi connectivity index (χ1v) is 19.7. The highest BCUT2D eigenvalue weighted by Crippen LogP contribution is 2.69. The molecule has 3 fully saturated rings. The third-order valence-electron chi connectivity index (χ3n) is 14.4. The first kappa shape index (κ1) is 36.8. The number of amides is 1. The van der Waals surface area contributed by atoms with Crippen LogP contribution in [0.4, 0.5) is 0 Å². The van der Waals surface area contributed by atoms with Gasteiger partial charge in [-0.15, -0.1) is 0 Å². The molecule has 7 nitrogen and oxygen atoms in total. The molecule has 0 aromatic heterocycles. The number of aromatic carboxylic acids is 1. The van der Waals surface area contributed by atoms with E-state index in [-0.39, 0.29) is 34.0 Å². The number of allylic oxidation sites excluding steroid dienone is 3. The zero-order valence-corrected chi connectivity index (χ0v) is 31.5. The number of hydrogen-bond donors (Lipinski definition) is 2. The Bertz CT molecular complexity index is 1560. The van der Waals surface area contributed by atoms with Gasteiger partial charge in [-0.1, -0.05) is 77.8 Å². The smallest absolute Gasteiger partial charge is 0.335 e. The van der Waals surface area contributed by atoms with Crippen LogP contribution in [0.25, 0.3) is 5.57 Å². The van der Waals surface area contributed by atoms with Gasteiger partial charge >= 0.3 is 16.2 Å². The molecule has 1 amide bonds. The number of rotatable bonds is 7. The maximum atomic E-state index is 14.2. The van der Waals surface area contributed by atoms with E-state index < -0.39 is 21.6 Å². The van der Waals surface area contributed by atoms with Gasteiger partial charge in [0.25, 0.3) is 0 Å². The number of hydrogen-bond acceptors (Lipinski definition) is 4. The average Bonchev–Trinajstić information content (AvgIpc) is 3.38. The van der Waals surface area contributed by atoms with Gasteiger partial charge in [0.05, 0.1) is 11.0 Å². The van der Waals surface area contributed by atoms with Crippen molar-refractivity contribution in [2.75, 3.05) is 14.1 Å². The first-order chi connectivity index (χ1) is 22.3. The van der Waals surface area contributed by atoms with Crippen molar-refractivity contribution < 1.29 is 23.1 Å². The number of fused-ring (bicyclic) bond motifs is 4. The van der Waals surface area contributed by atoms with Crippen LogP contribution in [-0.4, -0.2) is 43.8 Å². The number of nitrogens with zero attached hydrogens (tertiary/aromatic N) is 1. The minimum absolute atomic E-state index is 0.0717. The topological polar surface area (TPSA) is 104 Å². The molecule has 3 saturated carbocycles. The molecule has 4 aliphatic rings. The summed E-state index contributed by atoms with van der Waals surface area (Å²) in [6.45, 7) is 18.6. The van der Waals surface area contributed by atoms with Gasteiger partial charge in [0, 0.05) is 14.1 Å². The molecule has 8 heteroatoms. The van der Waals surface area contributed by atoms with Crippen molar-refractivity contribution in [2.24, 2.45) is 51.2 Å². The molecule has 0 aliphatic heterocycles. The Hall–Kier alpha value is -2.45. The van der Waals surface area contributed by atoms with Crippen molar-refractivity contribution in [1.82, 2.24) is 9.03 Å². The van der Waals surface area contributed by atoms with Crippen LogP contribution in [0.5, 0.6) is 0 Å². The molecule has 2 N–H and O–H groups in total. The Morgan fingerprint density at radius 1 is 0.938 bits per heavy atom. The summed E-state index contributed by atoms with van der Waals surface area (Å²) in [5.41, 5.74) is 3.29. The first-order valence-electron chi connectivity index (χ1n) is 18.3. The van der Waals surface area contributed by atoms with E-state index in [4.69, 9.17) is 0 Å². The van der Waals surface area contributed by atoms with Crippen LogP contribution >= 0.6 is 0 Å².